The third kappa shape index (κ3) is 4.04. The van der Waals surface area contributed by atoms with E-state index in [1.807, 2.05) is 0 Å². The Labute approximate surface area is 139 Å². The molecule has 8 nitrogen and oxygen atoms in total. The fourth-order valence-corrected chi connectivity index (χ4v) is 2.33. The molecule has 1 aromatic rings. The first-order valence-corrected chi connectivity index (χ1v) is 7.38. The number of carbonyl (C=O) groups is 1. The lowest BCUT2D eigenvalue weighted by Crippen LogP contribution is -2.61. The van der Waals surface area contributed by atoms with Gasteiger partial charge in [0.1, 0.15) is 18.3 Å². The van der Waals surface area contributed by atoms with Crippen molar-refractivity contribution in [1.29, 1.82) is 0 Å². The van der Waals surface area contributed by atoms with Crippen molar-refractivity contribution in [2.45, 2.75) is 37.6 Å². The number of phenols is 1. The smallest absolute Gasteiger partial charge is 0.246 e. The number of carbonyl (C=O) groups excluding carboxylic acids is 1. The van der Waals surface area contributed by atoms with Gasteiger partial charge >= 0.3 is 0 Å². The summed E-state index contributed by atoms with van der Waals surface area (Å²) in [5.74, 6) is -0.296. The molecule has 1 aliphatic rings. The van der Waals surface area contributed by atoms with Crippen molar-refractivity contribution < 1.29 is 34.7 Å². The van der Waals surface area contributed by atoms with Gasteiger partial charge in [-0.1, -0.05) is 6.07 Å². The SMILES string of the molecule is COc1cc(/C=C/C(=O)N[C@H]2OC(C)[C@H](O)C(O)[C@@H]2O)ccc1O. The van der Waals surface area contributed by atoms with Crippen LogP contribution in [-0.2, 0) is 9.53 Å². The first-order chi connectivity index (χ1) is 11.3. The summed E-state index contributed by atoms with van der Waals surface area (Å²) in [5, 5.41) is 41.1. The highest BCUT2D eigenvalue weighted by Gasteiger charge is 2.42. The monoisotopic (exact) mass is 339 g/mol. The molecule has 0 aliphatic carbocycles. The van der Waals surface area contributed by atoms with Crippen molar-refractivity contribution in [1.82, 2.24) is 5.32 Å². The van der Waals surface area contributed by atoms with Gasteiger partial charge in [-0.3, -0.25) is 4.79 Å². The topological polar surface area (TPSA) is 128 Å². The second-order valence-electron chi connectivity index (χ2n) is 5.51. The number of ether oxygens (including phenoxy) is 2. The molecule has 0 bridgehead atoms. The van der Waals surface area contributed by atoms with E-state index in [0.717, 1.165) is 0 Å². The van der Waals surface area contributed by atoms with Crippen LogP contribution in [0.4, 0.5) is 0 Å². The molecule has 0 aromatic heterocycles. The molecule has 1 amide bonds. The first-order valence-electron chi connectivity index (χ1n) is 7.38. The molecule has 5 atom stereocenters. The normalized spacial score (nSPS) is 30.3. The second kappa shape index (κ2) is 7.63. The molecule has 1 aromatic carbocycles. The van der Waals surface area contributed by atoms with E-state index in [1.165, 1.54) is 32.3 Å². The lowest BCUT2D eigenvalue weighted by Gasteiger charge is -2.39. The Hall–Kier alpha value is -2.13. The van der Waals surface area contributed by atoms with Gasteiger partial charge < -0.3 is 35.2 Å². The van der Waals surface area contributed by atoms with Crippen LogP contribution in [0, 0.1) is 0 Å². The molecular formula is C16H21NO7. The molecule has 132 valence electrons. The van der Waals surface area contributed by atoms with Crippen molar-refractivity contribution in [3.05, 3.63) is 29.8 Å². The van der Waals surface area contributed by atoms with Crippen LogP contribution in [-0.4, -0.2) is 64.1 Å². The molecule has 0 saturated carbocycles. The second-order valence-corrected chi connectivity index (χ2v) is 5.51. The van der Waals surface area contributed by atoms with Crippen LogP contribution in [0.25, 0.3) is 6.08 Å². The van der Waals surface area contributed by atoms with Gasteiger partial charge in [0.25, 0.3) is 0 Å². The first kappa shape index (κ1) is 18.2. The van der Waals surface area contributed by atoms with Crippen molar-refractivity contribution in [3.8, 4) is 11.5 Å². The average Bonchev–Trinajstić information content (AvgIpc) is 2.57. The van der Waals surface area contributed by atoms with Gasteiger partial charge in [-0.2, -0.15) is 0 Å². The lowest BCUT2D eigenvalue weighted by atomic mass is 9.99. The summed E-state index contributed by atoms with van der Waals surface area (Å²) in [4.78, 5) is 11.9. The number of hydrogen-bond donors (Lipinski definition) is 5. The zero-order valence-electron chi connectivity index (χ0n) is 13.3. The maximum absolute atomic E-state index is 11.9. The number of aliphatic hydroxyl groups is 3. The van der Waals surface area contributed by atoms with Crippen molar-refractivity contribution in [2.75, 3.05) is 7.11 Å². The molecule has 5 N–H and O–H groups in total. The number of rotatable bonds is 4. The van der Waals surface area contributed by atoms with E-state index in [9.17, 15) is 25.2 Å². The van der Waals surface area contributed by atoms with Crippen LogP contribution in [0.2, 0.25) is 0 Å². The van der Waals surface area contributed by atoms with E-state index in [4.69, 9.17) is 9.47 Å². The van der Waals surface area contributed by atoms with Crippen molar-refractivity contribution in [3.63, 3.8) is 0 Å². The van der Waals surface area contributed by atoms with Crippen LogP contribution in [0.3, 0.4) is 0 Å². The largest absolute Gasteiger partial charge is 0.504 e. The number of aromatic hydroxyl groups is 1. The number of nitrogens with one attached hydrogen (secondary N) is 1. The lowest BCUT2D eigenvalue weighted by molar-refractivity contribution is -0.224. The molecule has 1 aliphatic heterocycles. The quantitative estimate of drug-likeness (QED) is 0.461. The van der Waals surface area contributed by atoms with Crippen LogP contribution in [0.5, 0.6) is 11.5 Å². The third-order valence-corrected chi connectivity index (χ3v) is 3.77. The highest BCUT2D eigenvalue weighted by atomic mass is 16.5. The minimum Gasteiger partial charge on any atom is -0.504 e. The fraction of sp³-hybridized carbons (Fsp3) is 0.438. The van der Waals surface area contributed by atoms with E-state index < -0.39 is 36.6 Å². The predicted octanol–water partition coefficient (Wildman–Crippen LogP) is -0.642. The molecule has 24 heavy (non-hydrogen) atoms. The summed E-state index contributed by atoms with van der Waals surface area (Å²) in [6, 6.07) is 4.58. The van der Waals surface area contributed by atoms with E-state index in [2.05, 4.69) is 5.32 Å². The number of aliphatic hydroxyl groups excluding tert-OH is 3. The number of benzene rings is 1. The highest BCUT2D eigenvalue weighted by Crippen LogP contribution is 2.26. The van der Waals surface area contributed by atoms with Gasteiger partial charge in [0.15, 0.2) is 17.7 Å². The van der Waals surface area contributed by atoms with Gasteiger partial charge in [0.05, 0.1) is 13.2 Å². The molecule has 8 heteroatoms. The highest BCUT2D eigenvalue weighted by molar-refractivity contribution is 5.92. The Balaban J connectivity index is 2.00. The summed E-state index contributed by atoms with van der Waals surface area (Å²) >= 11 is 0. The summed E-state index contributed by atoms with van der Waals surface area (Å²) < 4.78 is 10.2. The summed E-state index contributed by atoms with van der Waals surface area (Å²) in [5.41, 5.74) is 0.619. The number of hydrogen-bond acceptors (Lipinski definition) is 7. The van der Waals surface area contributed by atoms with Crippen LogP contribution in [0.15, 0.2) is 24.3 Å². The van der Waals surface area contributed by atoms with Crippen molar-refractivity contribution in [2.24, 2.45) is 0 Å². The van der Waals surface area contributed by atoms with Gasteiger partial charge in [0.2, 0.25) is 5.91 Å². The van der Waals surface area contributed by atoms with Gasteiger partial charge in [-0.25, -0.2) is 0 Å². The third-order valence-electron chi connectivity index (χ3n) is 3.77. The average molecular weight is 339 g/mol. The van der Waals surface area contributed by atoms with E-state index >= 15 is 0 Å². The summed E-state index contributed by atoms with van der Waals surface area (Å²) in [6.45, 7) is 1.53. The number of amides is 1. The summed E-state index contributed by atoms with van der Waals surface area (Å²) in [7, 11) is 1.41. The standard InChI is InChI=1S/C16H21NO7/c1-8-13(20)14(21)15(22)16(24-8)17-12(19)6-4-9-3-5-10(18)11(7-9)23-2/h3-8,13-16,18,20-22H,1-2H3,(H,17,19)/b6-4+/t8?,13-,14?,15-,16-/m0/s1. The summed E-state index contributed by atoms with van der Waals surface area (Å²) in [6.07, 6.45) is -3.26. The number of methoxy groups -OCH3 is 1. The molecule has 0 spiro atoms. The zero-order valence-corrected chi connectivity index (χ0v) is 13.3. The Bertz CT molecular complexity index is 618. The molecule has 2 rings (SSSR count). The van der Waals surface area contributed by atoms with Gasteiger partial charge in [0, 0.05) is 6.08 Å². The Kier molecular flexibility index (Phi) is 5.79. The van der Waals surface area contributed by atoms with E-state index in [0.29, 0.717) is 5.56 Å². The Morgan fingerprint density at radius 1 is 1.25 bits per heavy atom. The van der Waals surface area contributed by atoms with E-state index in [1.54, 1.807) is 12.1 Å². The minimum atomic E-state index is -1.44. The minimum absolute atomic E-state index is 0.0145. The predicted molar refractivity (Wildman–Crippen MR) is 84.2 cm³/mol. The molecule has 1 fully saturated rings. The molecule has 2 unspecified atom stereocenters. The zero-order chi connectivity index (χ0) is 17.9. The van der Waals surface area contributed by atoms with Gasteiger partial charge in [-0.05, 0) is 30.7 Å². The maximum atomic E-state index is 11.9. The number of phenolic OH excluding ortho intramolecular Hbond substituents is 1. The Morgan fingerprint density at radius 3 is 2.62 bits per heavy atom. The molecule has 1 saturated heterocycles. The fourth-order valence-electron chi connectivity index (χ4n) is 2.33. The van der Waals surface area contributed by atoms with Crippen molar-refractivity contribution >= 4 is 12.0 Å². The Morgan fingerprint density at radius 2 is 1.96 bits per heavy atom. The van der Waals surface area contributed by atoms with E-state index in [-0.39, 0.29) is 11.5 Å². The van der Waals surface area contributed by atoms with Gasteiger partial charge in [-0.15, -0.1) is 0 Å². The van der Waals surface area contributed by atoms with Crippen LogP contribution >= 0.6 is 0 Å². The van der Waals surface area contributed by atoms with Crippen LogP contribution in [0.1, 0.15) is 12.5 Å². The molecule has 0 radical (unpaired) electrons. The van der Waals surface area contributed by atoms with Crippen LogP contribution < -0.4 is 10.1 Å². The molecular weight excluding hydrogens is 318 g/mol. The maximum Gasteiger partial charge on any atom is 0.246 e. The molecule has 1 heterocycles.